The number of amides is 1. The maximum Gasteiger partial charge on any atom is 0.271 e. The molecular weight excluding hydrogens is 262 g/mol. The van der Waals surface area contributed by atoms with Crippen molar-refractivity contribution in [1.82, 2.24) is 15.3 Å². The van der Waals surface area contributed by atoms with Gasteiger partial charge in [0.25, 0.3) is 5.91 Å². The number of carbonyl (C=O) groups excluding carboxylic acids is 1. The van der Waals surface area contributed by atoms with Crippen molar-refractivity contribution in [2.75, 3.05) is 0 Å². The Morgan fingerprint density at radius 1 is 1.26 bits per heavy atom. The number of benzene rings is 1. The van der Waals surface area contributed by atoms with Crippen molar-refractivity contribution in [1.29, 1.82) is 0 Å². The van der Waals surface area contributed by atoms with Crippen LogP contribution in [0.2, 0.25) is 5.15 Å². The minimum Gasteiger partial charge on any atom is -0.347 e. The number of halogens is 1. The monoisotopic (exact) mass is 273 g/mol. The molecule has 0 aliphatic heterocycles. The van der Waals surface area contributed by atoms with Gasteiger partial charge >= 0.3 is 0 Å². The van der Waals surface area contributed by atoms with Crippen LogP contribution in [0.5, 0.6) is 0 Å². The molecule has 1 N–H and O–H groups in total. The number of hydrogen-bond acceptors (Lipinski definition) is 3. The van der Waals surface area contributed by atoms with E-state index in [0.717, 1.165) is 6.42 Å². The Morgan fingerprint density at radius 2 is 2.05 bits per heavy atom. The number of nitrogens with zero attached hydrogens (tertiary/aromatic N) is 2. The van der Waals surface area contributed by atoms with Crippen molar-refractivity contribution in [2.45, 2.75) is 18.4 Å². The summed E-state index contributed by atoms with van der Waals surface area (Å²) >= 11 is 5.71. The van der Waals surface area contributed by atoms with Crippen LogP contribution in [0.1, 0.15) is 28.4 Å². The van der Waals surface area contributed by atoms with Crippen LogP contribution in [0.15, 0.2) is 42.7 Å². The second-order valence-corrected chi connectivity index (χ2v) is 4.95. The summed E-state index contributed by atoms with van der Waals surface area (Å²) in [5.41, 5.74) is 1.51. The number of aromatic nitrogens is 2. The SMILES string of the molecule is O=C(NC1CC1c1ccccc1)c1cncc(Cl)n1. The summed E-state index contributed by atoms with van der Waals surface area (Å²) in [7, 11) is 0. The van der Waals surface area contributed by atoms with Crippen molar-refractivity contribution < 1.29 is 4.79 Å². The third kappa shape index (κ3) is 2.74. The van der Waals surface area contributed by atoms with E-state index in [0.29, 0.717) is 5.92 Å². The third-order valence-corrected chi connectivity index (χ3v) is 3.35. The number of carbonyl (C=O) groups is 1. The van der Waals surface area contributed by atoms with Crippen LogP contribution < -0.4 is 5.32 Å². The van der Waals surface area contributed by atoms with Gasteiger partial charge < -0.3 is 5.32 Å². The first kappa shape index (κ1) is 12.1. The topological polar surface area (TPSA) is 54.9 Å². The third-order valence-electron chi connectivity index (χ3n) is 3.17. The van der Waals surface area contributed by atoms with Crippen molar-refractivity contribution in [3.8, 4) is 0 Å². The Bertz CT molecular complexity index is 603. The molecule has 2 aromatic rings. The van der Waals surface area contributed by atoms with Gasteiger partial charge in [0, 0.05) is 12.0 Å². The smallest absolute Gasteiger partial charge is 0.271 e. The molecule has 96 valence electrons. The molecule has 0 bridgehead atoms. The molecule has 1 aromatic carbocycles. The standard InChI is InChI=1S/C14H12ClN3O/c15-13-8-16-7-12(17-13)14(19)18-11-6-10(11)9-4-2-1-3-5-9/h1-5,7-8,10-11H,6H2,(H,18,19). The highest BCUT2D eigenvalue weighted by Gasteiger charge is 2.39. The van der Waals surface area contributed by atoms with Crippen LogP contribution in [-0.4, -0.2) is 21.9 Å². The summed E-state index contributed by atoms with van der Waals surface area (Å²) in [6, 6.07) is 10.3. The minimum atomic E-state index is -0.224. The van der Waals surface area contributed by atoms with E-state index in [-0.39, 0.29) is 22.8 Å². The van der Waals surface area contributed by atoms with E-state index >= 15 is 0 Å². The van der Waals surface area contributed by atoms with Gasteiger partial charge in [-0.15, -0.1) is 0 Å². The summed E-state index contributed by atoms with van der Waals surface area (Å²) in [6.45, 7) is 0. The number of nitrogens with one attached hydrogen (secondary N) is 1. The van der Waals surface area contributed by atoms with Crippen molar-refractivity contribution >= 4 is 17.5 Å². The van der Waals surface area contributed by atoms with Crippen LogP contribution in [0.25, 0.3) is 0 Å². The molecule has 1 aliphatic carbocycles. The lowest BCUT2D eigenvalue weighted by atomic mass is 10.1. The fraction of sp³-hybridized carbons (Fsp3) is 0.214. The van der Waals surface area contributed by atoms with Crippen molar-refractivity contribution in [3.05, 3.63) is 59.1 Å². The average Bonchev–Trinajstić information content (AvgIpc) is 3.19. The average molecular weight is 274 g/mol. The van der Waals surface area contributed by atoms with Crippen LogP contribution in [0.4, 0.5) is 0 Å². The van der Waals surface area contributed by atoms with Crippen LogP contribution in [0.3, 0.4) is 0 Å². The van der Waals surface area contributed by atoms with Crippen LogP contribution >= 0.6 is 11.6 Å². The van der Waals surface area contributed by atoms with Gasteiger partial charge in [0.15, 0.2) is 0 Å². The molecule has 0 saturated heterocycles. The van der Waals surface area contributed by atoms with E-state index in [1.807, 2.05) is 18.2 Å². The van der Waals surface area contributed by atoms with Crippen LogP contribution in [0, 0.1) is 0 Å². The summed E-state index contributed by atoms with van der Waals surface area (Å²) in [4.78, 5) is 19.7. The second-order valence-electron chi connectivity index (χ2n) is 4.56. The minimum absolute atomic E-state index is 0.177. The fourth-order valence-corrected chi connectivity index (χ4v) is 2.26. The van der Waals surface area contributed by atoms with E-state index < -0.39 is 0 Å². The van der Waals surface area contributed by atoms with Gasteiger partial charge in [-0.25, -0.2) is 4.98 Å². The summed E-state index contributed by atoms with van der Waals surface area (Å²) in [5, 5.41) is 3.17. The lowest BCUT2D eigenvalue weighted by molar-refractivity contribution is 0.0945. The Balaban J connectivity index is 1.64. The first-order valence-electron chi connectivity index (χ1n) is 6.07. The summed E-state index contributed by atoms with van der Waals surface area (Å²) in [6.07, 6.45) is 3.78. The van der Waals surface area contributed by atoms with Gasteiger partial charge in [0.05, 0.1) is 12.4 Å². The van der Waals surface area contributed by atoms with Crippen LogP contribution in [-0.2, 0) is 0 Å². The first-order chi connectivity index (χ1) is 9.24. The zero-order valence-corrected chi connectivity index (χ0v) is 10.8. The van der Waals surface area contributed by atoms with Gasteiger partial charge in [-0.1, -0.05) is 41.9 Å². The molecule has 1 amide bonds. The Labute approximate surface area is 115 Å². The highest BCUT2D eigenvalue weighted by atomic mass is 35.5. The molecular formula is C14H12ClN3O. The molecule has 4 nitrogen and oxygen atoms in total. The quantitative estimate of drug-likeness (QED) is 0.934. The van der Waals surface area contributed by atoms with E-state index in [1.165, 1.54) is 18.0 Å². The molecule has 0 radical (unpaired) electrons. The lowest BCUT2D eigenvalue weighted by Crippen LogP contribution is -2.27. The molecule has 0 spiro atoms. The fourth-order valence-electron chi connectivity index (χ4n) is 2.12. The Hall–Kier alpha value is -1.94. The largest absolute Gasteiger partial charge is 0.347 e. The van der Waals surface area contributed by atoms with Crippen molar-refractivity contribution in [2.24, 2.45) is 0 Å². The zero-order chi connectivity index (χ0) is 13.2. The van der Waals surface area contributed by atoms with Gasteiger partial charge in [-0.05, 0) is 12.0 Å². The molecule has 1 aromatic heterocycles. The molecule has 5 heteroatoms. The molecule has 2 atom stereocenters. The predicted molar refractivity (Wildman–Crippen MR) is 72.1 cm³/mol. The molecule has 19 heavy (non-hydrogen) atoms. The van der Waals surface area contributed by atoms with E-state index in [4.69, 9.17) is 11.6 Å². The highest BCUT2D eigenvalue weighted by Crippen LogP contribution is 2.40. The summed E-state index contributed by atoms with van der Waals surface area (Å²) < 4.78 is 0. The van der Waals surface area contributed by atoms with E-state index in [9.17, 15) is 4.79 Å². The maximum atomic E-state index is 12.0. The van der Waals surface area contributed by atoms with Crippen molar-refractivity contribution in [3.63, 3.8) is 0 Å². The molecule has 2 unspecified atom stereocenters. The lowest BCUT2D eigenvalue weighted by Gasteiger charge is -2.04. The molecule has 1 fully saturated rings. The normalized spacial score (nSPS) is 20.9. The van der Waals surface area contributed by atoms with Gasteiger partial charge in [0.1, 0.15) is 10.8 Å². The first-order valence-corrected chi connectivity index (χ1v) is 6.45. The molecule has 1 saturated carbocycles. The molecule has 3 rings (SSSR count). The predicted octanol–water partition coefficient (Wildman–Crippen LogP) is 2.42. The van der Waals surface area contributed by atoms with E-state index in [2.05, 4.69) is 27.4 Å². The Kier molecular flexibility index (Phi) is 3.17. The second kappa shape index (κ2) is 4.97. The number of hydrogen-bond donors (Lipinski definition) is 1. The molecule has 1 aliphatic rings. The summed E-state index contributed by atoms with van der Waals surface area (Å²) in [5.74, 6) is 0.177. The van der Waals surface area contributed by atoms with Gasteiger partial charge in [-0.2, -0.15) is 0 Å². The van der Waals surface area contributed by atoms with Gasteiger partial charge in [-0.3, -0.25) is 9.78 Å². The Morgan fingerprint density at radius 3 is 2.79 bits per heavy atom. The maximum absolute atomic E-state index is 12.0. The van der Waals surface area contributed by atoms with Gasteiger partial charge in [0.2, 0.25) is 0 Å². The molecule has 1 heterocycles. The van der Waals surface area contributed by atoms with E-state index in [1.54, 1.807) is 0 Å². The number of rotatable bonds is 3. The highest BCUT2D eigenvalue weighted by molar-refractivity contribution is 6.29. The zero-order valence-electron chi connectivity index (χ0n) is 10.1.